The van der Waals surface area contributed by atoms with Crippen molar-refractivity contribution in [1.29, 1.82) is 0 Å². The van der Waals surface area contributed by atoms with Gasteiger partial charge in [-0.2, -0.15) is 0 Å². The van der Waals surface area contributed by atoms with E-state index in [1.807, 2.05) is 34.6 Å². The van der Waals surface area contributed by atoms with Crippen LogP contribution in [0.3, 0.4) is 0 Å². The molecule has 3 N–H and O–H groups in total. The predicted molar refractivity (Wildman–Crippen MR) is 247 cm³/mol. The standard InChI is InChI=1S/C47H78N8O10/c1-18-28(6)38-41(57)49-29(7)42(58)53(14)37(24-27(4)5)40(56)50-36(25-33-19-21-34(64-17)22-20-33)45(61)52(13)31(9)47(63)65-32(10)39(46(62)51(12)30(8)43(59)54(38)15)55(16)44(60)35(48-11)23-26(2)3/h19-22,26-32,35-39,48H,18,23-25H2,1-17H3,(H,49,57)(H,50,56)/t28-,29-,30-,31+,32+,35-,36-,37-,38-,39-/m0/s1. The Morgan fingerprint density at radius 3 is 1.85 bits per heavy atom. The van der Waals surface area contributed by atoms with Crippen LogP contribution >= 0.6 is 0 Å². The molecule has 1 aromatic rings. The molecule has 18 heteroatoms. The van der Waals surface area contributed by atoms with Crippen LogP contribution in [0.4, 0.5) is 0 Å². The van der Waals surface area contributed by atoms with Crippen molar-refractivity contribution in [2.45, 2.75) is 149 Å². The van der Waals surface area contributed by atoms with Crippen molar-refractivity contribution in [1.82, 2.24) is 40.4 Å². The van der Waals surface area contributed by atoms with Crippen LogP contribution in [0.5, 0.6) is 5.75 Å². The number of nitrogens with zero attached hydrogens (tertiary/aromatic N) is 5. The number of hydrogen-bond acceptors (Lipinski definition) is 11. The number of cyclic esters (lactones) is 1. The van der Waals surface area contributed by atoms with E-state index in [1.165, 1.54) is 84.7 Å². The predicted octanol–water partition coefficient (Wildman–Crippen LogP) is 2.07. The smallest absolute Gasteiger partial charge is 0.328 e. The molecule has 18 nitrogen and oxygen atoms in total. The number of methoxy groups -OCH3 is 1. The fourth-order valence-electron chi connectivity index (χ4n) is 8.03. The molecule has 1 aliphatic rings. The van der Waals surface area contributed by atoms with E-state index in [9.17, 15) is 38.4 Å². The summed E-state index contributed by atoms with van der Waals surface area (Å²) < 4.78 is 11.3. The van der Waals surface area contributed by atoms with Gasteiger partial charge in [0, 0.05) is 41.7 Å². The average Bonchev–Trinajstić information content (AvgIpc) is 3.26. The number of rotatable bonds is 12. The number of carbonyl (C=O) groups is 8. The van der Waals surface area contributed by atoms with Crippen LogP contribution in [0.15, 0.2) is 24.3 Å². The molecule has 1 fully saturated rings. The summed E-state index contributed by atoms with van der Waals surface area (Å²) in [6.07, 6.45) is -0.193. The molecule has 0 saturated carbocycles. The maximum Gasteiger partial charge on any atom is 0.328 e. The van der Waals surface area contributed by atoms with E-state index in [1.54, 1.807) is 38.2 Å². The van der Waals surface area contributed by atoms with Gasteiger partial charge in [-0.05, 0) is 83.0 Å². The third-order valence-corrected chi connectivity index (χ3v) is 12.6. The lowest BCUT2D eigenvalue weighted by Crippen LogP contribution is -2.62. The van der Waals surface area contributed by atoms with Crippen molar-refractivity contribution in [3.8, 4) is 5.75 Å². The van der Waals surface area contributed by atoms with E-state index >= 15 is 0 Å². The molecular weight excluding hydrogens is 837 g/mol. The van der Waals surface area contributed by atoms with Crippen molar-refractivity contribution in [2.75, 3.05) is 49.4 Å². The highest BCUT2D eigenvalue weighted by Crippen LogP contribution is 2.22. The Morgan fingerprint density at radius 1 is 0.769 bits per heavy atom. The van der Waals surface area contributed by atoms with Gasteiger partial charge in [0.25, 0.3) is 0 Å². The summed E-state index contributed by atoms with van der Waals surface area (Å²) in [6, 6.07) is -2.21. The number of carbonyl (C=O) groups excluding carboxylic acids is 8. The largest absolute Gasteiger partial charge is 0.497 e. The molecule has 1 saturated heterocycles. The molecule has 366 valence electrons. The van der Waals surface area contributed by atoms with Gasteiger partial charge >= 0.3 is 5.97 Å². The summed E-state index contributed by atoms with van der Waals surface area (Å²) in [5.41, 5.74) is 0.661. The molecule has 1 aromatic carbocycles. The minimum atomic E-state index is -1.44. The van der Waals surface area contributed by atoms with Crippen molar-refractivity contribution in [3.63, 3.8) is 0 Å². The average molecular weight is 915 g/mol. The summed E-state index contributed by atoms with van der Waals surface area (Å²) in [5.74, 6) is -4.98. The molecule has 0 aromatic heterocycles. The molecule has 65 heavy (non-hydrogen) atoms. The van der Waals surface area contributed by atoms with Gasteiger partial charge in [-0.15, -0.1) is 0 Å². The Bertz CT molecular complexity index is 1830. The van der Waals surface area contributed by atoms with E-state index < -0.39 is 108 Å². The van der Waals surface area contributed by atoms with Gasteiger partial charge in [0.05, 0.1) is 13.2 Å². The highest BCUT2D eigenvalue weighted by Gasteiger charge is 2.44. The summed E-state index contributed by atoms with van der Waals surface area (Å²) in [4.78, 5) is 120. The van der Waals surface area contributed by atoms with E-state index in [0.29, 0.717) is 24.2 Å². The van der Waals surface area contributed by atoms with Crippen LogP contribution in [0.25, 0.3) is 0 Å². The van der Waals surface area contributed by atoms with Crippen LogP contribution in [0.1, 0.15) is 94.1 Å². The van der Waals surface area contributed by atoms with Crippen molar-refractivity contribution in [2.24, 2.45) is 17.8 Å². The van der Waals surface area contributed by atoms with Crippen LogP contribution < -0.4 is 20.7 Å². The zero-order valence-corrected chi connectivity index (χ0v) is 41.9. The number of esters is 1. The van der Waals surface area contributed by atoms with Crippen LogP contribution in [-0.2, 0) is 49.5 Å². The molecule has 0 radical (unpaired) electrons. The molecule has 2 rings (SSSR count). The van der Waals surface area contributed by atoms with Gasteiger partial charge in [0.1, 0.15) is 54.1 Å². The van der Waals surface area contributed by atoms with E-state index in [2.05, 4.69) is 16.0 Å². The number of ether oxygens (including phenoxy) is 2. The SMILES string of the molecule is CC[C@H](C)[C@H]1C(=O)N[C@@H](C)C(=O)N(C)[C@@H](CC(C)C)C(=O)N[C@@H](Cc2ccc(OC)cc2)C(=O)N(C)[C@H](C)C(=O)O[C@H](C)[C@H](N(C)C(=O)[C@H](CC(C)C)NC)C(=O)N(C)[C@@H](C)C(=O)N1C. The number of amides is 7. The second-order valence-electron chi connectivity index (χ2n) is 18.5. The van der Waals surface area contributed by atoms with Crippen LogP contribution in [0, 0.1) is 17.8 Å². The Morgan fingerprint density at radius 2 is 1.34 bits per heavy atom. The molecule has 1 heterocycles. The first kappa shape index (κ1) is 55.9. The van der Waals surface area contributed by atoms with E-state index in [0.717, 1.165) is 9.80 Å². The molecule has 1 aliphatic heterocycles. The summed E-state index contributed by atoms with van der Waals surface area (Å²) in [6.45, 7) is 17.2. The minimum Gasteiger partial charge on any atom is -0.497 e. The van der Waals surface area contributed by atoms with E-state index in [-0.39, 0.29) is 24.7 Å². The Balaban J connectivity index is 2.86. The second-order valence-corrected chi connectivity index (χ2v) is 18.5. The Hall–Kier alpha value is -5.26. The first-order valence-electron chi connectivity index (χ1n) is 22.7. The number of likely N-dealkylation sites (N-methyl/N-ethyl adjacent to an activating group) is 6. The lowest BCUT2D eigenvalue weighted by molar-refractivity contribution is -0.167. The molecule has 0 bridgehead atoms. The molecule has 0 unspecified atom stereocenters. The first-order chi connectivity index (χ1) is 30.2. The molecule has 0 aliphatic carbocycles. The monoisotopic (exact) mass is 915 g/mol. The van der Waals surface area contributed by atoms with Crippen LogP contribution in [-0.4, -0.2) is 176 Å². The quantitative estimate of drug-likeness (QED) is 0.259. The Labute approximate surface area is 386 Å². The molecule has 7 amide bonds. The zero-order chi connectivity index (χ0) is 49.8. The molecule has 0 spiro atoms. The molecule has 10 atom stereocenters. The van der Waals surface area contributed by atoms with Gasteiger partial charge in [0.2, 0.25) is 41.4 Å². The summed E-state index contributed by atoms with van der Waals surface area (Å²) >= 11 is 0. The van der Waals surface area contributed by atoms with Gasteiger partial charge in [-0.25, -0.2) is 4.79 Å². The van der Waals surface area contributed by atoms with Crippen LogP contribution in [0.2, 0.25) is 0 Å². The molecular formula is C47H78N8O10. The normalized spacial score (nSPS) is 26.3. The lowest BCUT2D eigenvalue weighted by atomic mass is 9.95. The van der Waals surface area contributed by atoms with Gasteiger partial charge in [-0.3, -0.25) is 33.6 Å². The number of benzene rings is 1. The summed E-state index contributed by atoms with van der Waals surface area (Å²) in [5, 5.41) is 8.66. The van der Waals surface area contributed by atoms with Gasteiger partial charge in [-0.1, -0.05) is 60.1 Å². The van der Waals surface area contributed by atoms with Gasteiger partial charge < -0.3 is 49.9 Å². The lowest BCUT2D eigenvalue weighted by Gasteiger charge is -2.40. The third kappa shape index (κ3) is 14.4. The second kappa shape index (κ2) is 24.9. The van der Waals surface area contributed by atoms with Crippen molar-refractivity contribution < 1.29 is 47.8 Å². The highest BCUT2D eigenvalue weighted by molar-refractivity contribution is 5.98. The van der Waals surface area contributed by atoms with Crippen molar-refractivity contribution >= 4 is 47.3 Å². The number of hydrogen-bond donors (Lipinski definition) is 3. The maximum atomic E-state index is 14.7. The van der Waals surface area contributed by atoms with Crippen molar-refractivity contribution in [3.05, 3.63) is 29.8 Å². The number of nitrogens with one attached hydrogen (secondary N) is 3. The zero-order valence-electron chi connectivity index (χ0n) is 41.9. The highest BCUT2D eigenvalue weighted by atomic mass is 16.5. The summed E-state index contributed by atoms with van der Waals surface area (Å²) in [7, 11) is 10.3. The van der Waals surface area contributed by atoms with Gasteiger partial charge in [0.15, 0.2) is 0 Å². The van der Waals surface area contributed by atoms with E-state index in [4.69, 9.17) is 9.47 Å². The Kier molecular flexibility index (Phi) is 21.4. The minimum absolute atomic E-state index is 0.00412. The topological polar surface area (TPSA) is 207 Å². The fraction of sp³-hybridized carbons (Fsp3) is 0.702. The maximum absolute atomic E-state index is 14.7. The first-order valence-corrected chi connectivity index (χ1v) is 22.7. The fourth-order valence-corrected chi connectivity index (χ4v) is 8.03. The third-order valence-electron chi connectivity index (χ3n) is 12.6.